The largest absolute Gasteiger partial charge is 0.457 e. The second-order valence-corrected chi connectivity index (χ2v) is 19.1. The molecule has 0 unspecified atom stereocenters. The summed E-state index contributed by atoms with van der Waals surface area (Å²) in [6.07, 6.45) is 0. The lowest BCUT2D eigenvalue weighted by atomic mass is 9.61. The number of anilines is 6. The van der Waals surface area contributed by atoms with E-state index in [-0.39, 0.29) is 0 Å². The van der Waals surface area contributed by atoms with Gasteiger partial charge in [0.25, 0.3) is 0 Å². The van der Waals surface area contributed by atoms with Gasteiger partial charge in [0.05, 0.1) is 33.6 Å². The number of nitrogens with zero attached hydrogens (tertiary/aromatic N) is 2. The third-order valence-corrected chi connectivity index (χ3v) is 15.6. The van der Waals surface area contributed by atoms with Gasteiger partial charge in [0, 0.05) is 33.6 Å². The van der Waals surface area contributed by atoms with E-state index in [0.717, 1.165) is 90.5 Å². The molecule has 0 aliphatic carbocycles. The summed E-state index contributed by atoms with van der Waals surface area (Å²) < 4.78 is 13.5. The van der Waals surface area contributed by atoms with Crippen molar-refractivity contribution in [3.63, 3.8) is 0 Å². The van der Waals surface area contributed by atoms with Gasteiger partial charge in [-0.2, -0.15) is 0 Å². The van der Waals surface area contributed by atoms with Crippen LogP contribution in [0.4, 0.5) is 34.1 Å². The van der Waals surface area contributed by atoms with Gasteiger partial charge in [-0.25, -0.2) is 0 Å². The van der Waals surface area contributed by atoms with Crippen LogP contribution in [0.15, 0.2) is 267 Å². The van der Waals surface area contributed by atoms with Gasteiger partial charge in [0.15, 0.2) is 0 Å². The summed E-state index contributed by atoms with van der Waals surface area (Å²) in [6.45, 7) is 0. The lowest BCUT2D eigenvalue weighted by molar-refractivity contribution is 0.434. The predicted octanol–water partition coefficient (Wildman–Crippen LogP) is 17.6. The van der Waals surface area contributed by atoms with E-state index >= 15 is 0 Å². The third kappa shape index (κ3) is 5.57. The Labute approximate surface area is 418 Å². The number of benzene rings is 11. The van der Waals surface area contributed by atoms with Crippen molar-refractivity contribution in [1.29, 1.82) is 0 Å². The predicted molar refractivity (Wildman–Crippen MR) is 291 cm³/mol. The van der Waals surface area contributed by atoms with E-state index in [1.807, 2.05) is 0 Å². The molecule has 4 heteroatoms. The Morgan fingerprint density at radius 1 is 0.222 bits per heavy atom. The minimum absolute atomic E-state index is 0.671. The molecule has 2 spiro atoms. The van der Waals surface area contributed by atoms with Crippen LogP contribution in [-0.2, 0) is 10.8 Å². The molecule has 0 aromatic heterocycles. The summed E-state index contributed by atoms with van der Waals surface area (Å²) in [5, 5.41) is 0. The van der Waals surface area contributed by atoms with Gasteiger partial charge in [0.2, 0.25) is 0 Å². The van der Waals surface area contributed by atoms with Gasteiger partial charge in [-0.05, 0) is 129 Å². The molecule has 72 heavy (non-hydrogen) atoms. The van der Waals surface area contributed by atoms with Crippen molar-refractivity contribution in [1.82, 2.24) is 0 Å². The van der Waals surface area contributed by atoms with Crippen molar-refractivity contribution >= 4 is 34.1 Å². The third-order valence-electron chi connectivity index (χ3n) is 15.6. The molecule has 4 aliphatic heterocycles. The van der Waals surface area contributed by atoms with Crippen LogP contribution in [0.3, 0.4) is 0 Å². The van der Waals surface area contributed by atoms with Crippen LogP contribution < -0.4 is 19.3 Å². The summed E-state index contributed by atoms with van der Waals surface area (Å²) in [5.74, 6) is 3.47. The van der Waals surface area contributed by atoms with Crippen molar-refractivity contribution in [2.24, 2.45) is 0 Å². The average molecular weight is 921 g/mol. The molecule has 338 valence electrons. The maximum absolute atomic E-state index is 6.76. The van der Waals surface area contributed by atoms with Crippen molar-refractivity contribution in [2.75, 3.05) is 9.80 Å². The molecule has 4 aliphatic rings. The molecule has 11 aromatic rings. The Morgan fingerprint density at radius 2 is 0.514 bits per heavy atom. The SMILES string of the molecule is c1ccc(-c2ccc3c(c2)C2(c4ccccc4Oc4ccccc42)c2ccccc2N3c2ccc(N3c4ccccc4C4(c5ccccc5Oc5ccccc54)c4cc(-c5ccccc5)ccc43)cc2)cc1. The highest BCUT2D eigenvalue weighted by atomic mass is 16.5. The number of fused-ring (bicyclic) bond motifs is 16. The normalized spacial score (nSPS) is 14.5. The minimum atomic E-state index is -0.671. The monoisotopic (exact) mass is 920 g/mol. The fourth-order valence-electron chi connectivity index (χ4n) is 12.7. The molecule has 0 amide bonds. The van der Waals surface area contributed by atoms with Crippen LogP contribution >= 0.6 is 0 Å². The summed E-state index contributed by atoms with van der Waals surface area (Å²) in [7, 11) is 0. The summed E-state index contributed by atoms with van der Waals surface area (Å²) >= 11 is 0. The van der Waals surface area contributed by atoms with E-state index in [1.54, 1.807) is 0 Å². The molecule has 0 saturated carbocycles. The maximum Gasteiger partial charge on any atom is 0.132 e. The standard InChI is InChI=1S/C68H44N2O2/c1-3-19-45(20-4-1)47-35-41-61-57(43-47)67(53-25-9-15-31-63(53)71-64-32-16-10-26-54(64)67)51-23-7-13-29-59(51)69(61)49-37-39-50(40-38-49)70-60-30-14-8-24-52(60)68(58-44-48(36-42-62(58)70)46-21-5-2-6-22-46)55-27-11-17-33-65(55)72-66-34-18-12-28-56(66)68/h1-44H. The zero-order chi connectivity index (χ0) is 47.4. The van der Waals surface area contributed by atoms with Gasteiger partial charge < -0.3 is 19.3 Å². The fraction of sp³-hybridized carbons (Fsp3) is 0.0294. The van der Waals surface area contributed by atoms with E-state index < -0.39 is 10.8 Å². The van der Waals surface area contributed by atoms with Gasteiger partial charge in [-0.15, -0.1) is 0 Å². The molecule has 11 aromatic carbocycles. The summed E-state index contributed by atoms with van der Waals surface area (Å²) in [5.41, 5.74) is 19.3. The van der Waals surface area contributed by atoms with E-state index in [2.05, 4.69) is 277 Å². The highest BCUT2D eigenvalue weighted by molar-refractivity contribution is 5.95. The first-order chi connectivity index (χ1) is 35.7. The summed E-state index contributed by atoms with van der Waals surface area (Å²) in [4.78, 5) is 4.93. The molecule has 0 saturated heterocycles. The summed E-state index contributed by atoms with van der Waals surface area (Å²) in [6, 6.07) is 97.0. The molecule has 0 atom stereocenters. The number of hydrogen-bond acceptors (Lipinski definition) is 4. The van der Waals surface area contributed by atoms with Gasteiger partial charge in [-0.1, -0.05) is 182 Å². The van der Waals surface area contributed by atoms with Crippen molar-refractivity contribution < 1.29 is 9.47 Å². The first-order valence-electron chi connectivity index (χ1n) is 24.7. The van der Waals surface area contributed by atoms with Gasteiger partial charge in [0.1, 0.15) is 23.0 Å². The van der Waals surface area contributed by atoms with E-state index in [0.29, 0.717) is 0 Å². The fourth-order valence-corrected chi connectivity index (χ4v) is 12.7. The lowest BCUT2D eigenvalue weighted by Crippen LogP contribution is -2.40. The van der Waals surface area contributed by atoms with Crippen LogP contribution in [0.5, 0.6) is 23.0 Å². The Kier molecular flexibility index (Phi) is 8.75. The number of hydrogen-bond donors (Lipinski definition) is 0. The smallest absolute Gasteiger partial charge is 0.132 e. The molecule has 4 heterocycles. The van der Waals surface area contributed by atoms with Crippen LogP contribution in [-0.4, -0.2) is 0 Å². The van der Waals surface area contributed by atoms with Crippen molar-refractivity contribution in [3.05, 3.63) is 311 Å². The first kappa shape index (κ1) is 40.5. The topological polar surface area (TPSA) is 24.9 Å². The van der Waals surface area contributed by atoms with E-state index in [4.69, 9.17) is 9.47 Å². The Balaban J connectivity index is 0.944. The number of para-hydroxylation sites is 6. The van der Waals surface area contributed by atoms with Crippen LogP contribution in [0, 0.1) is 0 Å². The Morgan fingerprint density at radius 3 is 0.875 bits per heavy atom. The van der Waals surface area contributed by atoms with Gasteiger partial charge >= 0.3 is 0 Å². The van der Waals surface area contributed by atoms with Crippen LogP contribution in [0.2, 0.25) is 0 Å². The highest BCUT2D eigenvalue weighted by Gasteiger charge is 2.53. The minimum Gasteiger partial charge on any atom is -0.457 e. The quantitative estimate of drug-likeness (QED) is 0.176. The van der Waals surface area contributed by atoms with E-state index in [1.165, 1.54) is 33.4 Å². The van der Waals surface area contributed by atoms with Crippen molar-refractivity contribution in [2.45, 2.75) is 10.8 Å². The van der Waals surface area contributed by atoms with Crippen LogP contribution in [0.1, 0.15) is 44.5 Å². The maximum atomic E-state index is 6.76. The molecular formula is C68H44N2O2. The lowest BCUT2D eigenvalue weighted by Gasteiger charge is -2.49. The van der Waals surface area contributed by atoms with Crippen LogP contribution in [0.25, 0.3) is 22.3 Å². The molecule has 15 rings (SSSR count). The second-order valence-electron chi connectivity index (χ2n) is 19.1. The zero-order valence-corrected chi connectivity index (χ0v) is 39.1. The first-order valence-corrected chi connectivity index (χ1v) is 24.7. The Hall–Kier alpha value is -9.38. The average Bonchev–Trinajstić information content (AvgIpc) is 3.45. The Bertz CT molecular complexity index is 3610. The number of ether oxygens (including phenoxy) is 2. The highest BCUT2D eigenvalue weighted by Crippen LogP contribution is 2.65. The molecule has 0 radical (unpaired) electrons. The molecule has 0 fully saturated rings. The molecular weight excluding hydrogens is 877 g/mol. The second kappa shape index (κ2) is 15.6. The number of rotatable bonds is 4. The van der Waals surface area contributed by atoms with E-state index in [9.17, 15) is 0 Å². The zero-order valence-electron chi connectivity index (χ0n) is 39.1. The molecule has 4 nitrogen and oxygen atoms in total. The van der Waals surface area contributed by atoms with Gasteiger partial charge in [-0.3, -0.25) is 0 Å². The molecule has 0 bridgehead atoms. The molecule has 0 N–H and O–H groups in total. The van der Waals surface area contributed by atoms with Crippen molar-refractivity contribution in [3.8, 4) is 45.3 Å².